The Balaban J connectivity index is 1.67. The van der Waals surface area contributed by atoms with Gasteiger partial charge in [-0.25, -0.2) is 24.0 Å². The Bertz CT molecular complexity index is 1520. The molecule has 0 bridgehead atoms. The zero-order valence-corrected chi connectivity index (χ0v) is 21.2. The van der Waals surface area contributed by atoms with Crippen LogP contribution in [0.5, 0.6) is 0 Å². The van der Waals surface area contributed by atoms with Gasteiger partial charge in [0.05, 0.1) is 12.0 Å². The van der Waals surface area contributed by atoms with Crippen LogP contribution in [0.15, 0.2) is 53.8 Å². The minimum absolute atomic E-state index is 0.110. The number of esters is 1. The molecule has 10 nitrogen and oxygen atoms in total. The molecule has 4 aromatic rings. The highest BCUT2D eigenvalue weighted by molar-refractivity contribution is 6.30. The van der Waals surface area contributed by atoms with Gasteiger partial charge in [0.1, 0.15) is 23.0 Å². The molecular formula is C25H23ClFN7O3. The lowest BCUT2D eigenvalue weighted by atomic mass is 10.1. The number of nitrogens with zero attached hydrogens (tertiary/aromatic N) is 6. The van der Waals surface area contributed by atoms with Crippen molar-refractivity contribution in [2.75, 3.05) is 19.4 Å². The highest BCUT2D eigenvalue weighted by Crippen LogP contribution is 2.29. The molecule has 1 N–H and O–H groups in total. The summed E-state index contributed by atoms with van der Waals surface area (Å²) in [7, 11) is 3.63. The van der Waals surface area contributed by atoms with Crippen LogP contribution in [0.3, 0.4) is 0 Å². The minimum atomic E-state index is -1.27. The summed E-state index contributed by atoms with van der Waals surface area (Å²) in [6, 6.07) is 10.5. The fourth-order valence-corrected chi connectivity index (χ4v) is 3.79. The van der Waals surface area contributed by atoms with Crippen LogP contribution in [-0.2, 0) is 14.3 Å². The number of aliphatic imine (C=N–C) groups is 1. The van der Waals surface area contributed by atoms with Crippen LogP contribution in [0.4, 0.5) is 15.9 Å². The van der Waals surface area contributed by atoms with Gasteiger partial charge in [-0.2, -0.15) is 5.10 Å². The van der Waals surface area contributed by atoms with Crippen LogP contribution in [0, 0.1) is 12.7 Å². The summed E-state index contributed by atoms with van der Waals surface area (Å²) in [5.74, 6) is -1.67. The number of carbonyl (C=O) groups is 2. The third kappa shape index (κ3) is 5.72. The van der Waals surface area contributed by atoms with Crippen molar-refractivity contribution in [3.63, 3.8) is 0 Å². The lowest BCUT2D eigenvalue weighted by Crippen LogP contribution is -2.25. The Kier molecular flexibility index (Phi) is 7.44. The molecule has 0 aliphatic carbocycles. The maximum atomic E-state index is 15.4. The normalized spacial score (nSPS) is 12.1. The molecule has 0 saturated heterocycles. The van der Waals surface area contributed by atoms with Crippen molar-refractivity contribution in [2.24, 2.45) is 4.99 Å². The monoisotopic (exact) mass is 523 g/mol. The predicted octanol–water partition coefficient (Wildman–Crippen LogP) is 4.38. The summed E-state index contributed by atoms with van der Waals surface area (Å²) in [5.41, 5.74) is 2.18. The average Bonchev–Trinajstić information content (AvgIpc) is 3.18. The number of hydrogen-bond acceptors (Lipinski definition) is 7. The van der Waals surface area contributed by atoms with E-state index in [9.17, 15) is 9.59 Å². The molecule has 0 radical (unpaired) electrons. The molecule has 0 fully saturated rings. The summed E-state index contributed by atoms with van der Waals surface area (Å²) in [4.78, 5) is 39.2. The summed E-state index contributed by atoms with van der Waals surface area (Å²) in [6.45, 7) is 2.94. The second-order valence-corrected chi connectivity index (χ2v) is 8.74. The molecule has 37 heavy (non-hydrogen) atoms. The molecule has 2 heterocycles. The van der Waals surface area contributed by atoms with Crippen molar-refractivity contribution in [1.29, 1.82) is 0 Å². The van der Waals surface area contributed by atoms with Gasteiger partial charge in [0, 0.05) is 37.3 Å². The Hall–Kier alpha value is -4.38. The van der Waals surface area contributed by atoms with E-state index < -0.39 is 23.8 Å². The van der Waals surface area contributed by atoms with Crippen LogP contribution in [0.2, 0.25) is 5.02 Å². The van der Waals surface area contributed by atoms with Crippen molar-refractivity contribution in [3.8, 4) is 5.69 Å². The third-order valence-corrected chi connectivity index (χ3v) is 5.37. The topological polar surface area (TPSA) is 115 Å². The SMILES string of the molecule is CC(=O)OC(C(=O)Nc1ccc(-n2nc(C)c3ncnc(N=CN(C)C)c32)c(F)c1)c1cccc(Cl)c1. The van der Waals surface area contributed by atoms with Crippen LogP contribution < -0.4 is 5.32 Å². The number of halogens is 2. The van der Waals surface area contributed by atoms with E-state index in [0.717, 1.165) is 6.07 Å². The van der Waals surface area contributed by atoms with E-state index in [1.165, 1.54) is 36.1 Å². The fourth-order valence-electron chi connectivity index (χ4n) is 3.59. The molecule has 1 unspecified atom stereocenters. The first kappa shape index (κ1) is 25.7. The molecule has 1 atom stereocenters. The van der Waals surface area contributed by atoms with Crippen molar-refractivity contribution >= 4 is 52.4 Å². The van der Waals surface area contributed by atoms with Gasteiger partial charge in [-0.15, -0.1) is 0 Å². The maximum Gasteiger partial charge on any atom is 0.303 e. The first-order valence-corrected chi connectivity index (χ1v) is 11.5. The highest BCUT2D eigenvalue weighted by atomic mass is 35.5. The average molecular weight is 524 g/mol. The zero-order chi connectivity index (χ0) is 26.7. The number of aromatic nitrogens is 4. The third-order valence-electron chi connectivity index (χ3n) is 5.14. The van der Waals surface area contributed by atoms with E-state index in [2.05, 4.69) is 25.4 Å². The van der Waals surface area contributed by atoms with E-state index in [0.29, 0.717) is 33.1 Å². The number of rotatable bonds is 7. The number of amides is 1. The summed E-state index contributed by atoms with van der Waals surface area (Å²) >= 11 is 6.03. The summed E-state index contributed by atoms with van der Waals surface area (Å²) < 4.78 is 21.9. The van der Waals surface area contributed by atoms with Crippen molar-refractivity contribution in [1.82, 2.24) is 24.6 Å². The second kappa shape index (κ2) is 10.7. The molecule has 0 aliphatic rings. The molecule has 2 aromatic carbocycles. The van der Waals surface area contributed by atoms with Gasteiger partial charge < -0.3 is 15.0 Å². The minimum Gasteiger partial charge on any atom is -0.447 e. The Morgan fingerprint density at radius 3 is 2.68 bits per heavy atom. The predicted molar refractivity (Wildman–Crippen MR) is 138 cm³/mol. The largest absolute Gasteiger partial charge is 0.447 e. The zero-order valence-electron chi connectivity index (χ0n) is 20.4. The van der Waals surface area contributed by atoms with E-state index in [1.54, 1.807) is 36.4 Å². The summed E-state index contributed by atoms with van der Waals surface area (Å²) in [6.07, 6.45) is 1.67. The van der Waals surface area contributed by atoms with Gasteiger partial charge in [0.2, 0.25) is 6.10 Å². The fraction of sp³-hybridized carbons (Fsp3) is 0.200. The van der Waals surface area contributed by atoms with E-state index in [4.69, 9.17) is 16.3 Å². The quantitative estimate of drug-likeness (QED) is 0.217. The second-order valence-electron chi connectivity index (χ2n) is 8.30. The van der Waals surface area contributed by atoms with Crippen molar-refractivity contribution < 1.29 is 18.7 Å². The van der Waals surface area contributed by atoms with Crippen LogP contribution in [0.1, 0.15) is 24.3 Å². The molecule has 2 aromatic heterocycles. The van der Waals surface area contributed by atoms with Crippen LogP contribution in [0.25, 0.3) is 16.7 Å². The number of benzene rings is 2. The van der Waals surface area contributed by atoms with Crippen molar-refractivity contribution in [3.05, 3.63) is 70.9 Å². The van der Waals surface area contributed by atoms with Crippen molar-refractivity contribution in [2.45, 2.75) is 20.0 Å². The van der Waals surface area contributed by atoms with Gasteiger partial charge in [0.25, 0.3) is 5.91 Å². The molecule has 0 aliphatic heterocycles. The van der Waals surface area contributed by atoms with E-state index >= 15 is 4.39 Å². The Morgan fingerprint density at radius 1 is 1.22 bits per heavy atom. The molecule has 190 valence electrons. The number of carbonyl (C=O) groups excluding carboxylic acids is 2. The van der Waals surface area contributed by atoms with Gasteiger partial charge >= 0.3 is 5.97 Å². The molecule has 12 heteroatoms. The molecule has 0 spiro atoms. The lowest BCUT2D eigenvalue weighted by molar-refractivity contribution is -0.152. The number of fused-ring (bicyclic) bond motifs is 1. The molecule has 4 rings (SSSR count). The number of ether oxygens (including phenoxy) is 1. The van der Waals surface area contributed by atoms with Gasteiger partial charge in [-0.3, -0.25) is 9.59 Å². The maximum absolute atomic E-state index is 15.4. The van der Waals surface area contributed by atoms with Gasteiger partial charge in [0.15, 0.2) is 11.6 Å². The number of nitrogens with one attached hydrogen (secondary N) is 1. The summed E-state index contributed by atoms with van der Waals surface area (Å²) in [5, 5.41) is 7.40. The molecule has 0 saturated carbocycles. The van der Waals surface area contributed by atoms with E-state index in [1.807, 2.05) is 14.1 Å². The first-order chi connectivity index (χ1) is 17.6. The van der Waals surface area contributed by atoms with Crippen LogP contribution in [-0.4, -0.2) is 57.0 Å². The van der Waals surface area contributed by atoms with Gasteiger partial charge in [-0.1, -0.05) is 23.7 Å². The first-order valence-electron chi connectivity index (χ1n) is 11.1. The number of anilines is 1. The van der Waals surface area contributed by atoms with E-state index in [-0.39, 0.29) is 11.4 Å². The Morgan fingerprint density at radius 2 is 2.00 bits per heavy atom. The number of aryl methyl sites for hydroxylation is 1. The standard InChI is InChI=1S/C25H23ClFN7O3/c1-14-21-22(24(29-12-28-21)30-13-33(3)4)34(32-14)20-9-8-18(11-19(20)27)31-25(36)23(37-15(2)35)16-6-5-7-17(26)10-16/h5-13,23H,1-4H3,(H,31,36). The lowest BCUT2D eigenvalue weighted by Gasteiger charge is -2.18. The highest BCUT2D eigenvalue weighted by Gasteiger charge is 2.25. The number of hydrogen-bond donors (Lipinski definition) is 1. The molecular weight excluding hydrogens is 501 g/mol. The molecule has 1 amide bonds. The smallest absolute Gasteiger partial charge is 0.303 e. The van der Waals surface area contributed by atoms with Crippen LogP contribution >= 0.6 is 11.6 Å². The van der Waals surface area contributed by atoms with Gasteiger partial charge in [-0.05, 0) is 37.3 Å². The Labute approximate surface area is 216 Å².